The highest BCUT2D eigenvalue weighted by atomic mass is 79.9. The highest BCUT2D eigenvalue weighted by Gasteiger charge is 2.20. The first-order valence-corrected chi connectivity index (χ1v) is 5.95. The van der Waals surface area contributed by atoms with Crippen molar-refractivity contribution in [1.82, 2.24) is 0 Å². The van der Waals surface area contributed by atoms with Crippen LogP contribution in [0.15, 0.2) is 10.5 Å². The first kappa shape index (κ1) is 13.8. The lowest BCUT2D eigenvalue weighted by Crippen LogP contribution is -2.13. The molecule has 4 nitrogen and oxygen atoms in total. The Morgan fingerprint density at radius 1 is 1.59 bits per heavy atom. The molecule has 1 atom stereocenters. The summed E-state index contributed by atoms with van der Waals surface area (Å²) in [6, 6.07) is 1.81. The number of hydrogen-bond donors (Lipinski definition) is 2. The van der Waals surface area contributed by atoms with Crippen LogP contribution >= 0.6 is 15.9 Å². The van der Waals surface area contributed by atoms with E-state index in [0.717, 1.165) is 5.56 Å². The largest absolute Gasteiger partial charge is 0.504 e. The molecule has 0 spiro atoms. The number of methoxy groups -OCH3 is 1. The maximum atomic E-state index is 10.8. The van der Waals surface area contributed by atoms with Crippen molar-refractivity contribution in [3.63, 3.8) is 0 Å². The standard InChI is InChI=1S/C12H15BrO4/c1-6-5-9(13)11(17-3)10(14)8(6)4-7(2)12(15)16/h5,7,14H,4H2,1-3H3,(H,15,16). The van der Waals surface area contributed by atoms with E-state index in [2.05, 4.69) is 15.9 Å². The number of carboxylic acids is 1. The minimum atomic E-state index is -0.884. The Morgan fingerprint density at radius 3 is 2.65 bits per heavy atom. The van der Waals surface area contributed by atoms with Crippen LogP contribution in [0, 0.1) is 12.8 Å². The van der Waals surface area contributed by atoms with Crippen molar-refractivity contribution in [2.45, 2.75) is 20.3 Å². The van der Waals surface area contributed by atoms with Crippen LogP contribution in [0.1, 0.15) is 18.1 Å². The number of phenols is 1. The molecule has 0 aliphatic rings. The fourth-order valence-electron chi connectivity index (χ4n) is 1.62. The zero-order valence-corrected chi connectivity index (χ0v) is 11.5. The van der Waals surface area contributed by atoms with Gasteiger partial charge < -0.3 is 14.9 Å². The van der Waals surface area contributed by atoms with Gasteiger partial charge >= 0.3 is 5.97 Å². The van der Waals surface area contributed by atoms with Gasteiger partial charge in [0, 0.05) is 5.56 Å². The van der Waals surface area contributed by atoms with Crippen molar-refractivity contribution < 1.29 is 19.7 Å². The van der Waals surface area contributed by atoms with Gasteiger partial charge in [0.2, 0.25) is 0 Å². The molecule has 0 saturated carbocycles. The zero-order valence-electron chi connectivity index (χ0n) is 9.95. The second kappa shape index (κ2) is 5.40. The maximum absolute atomic E-state index is 10.8. The normalized spacial score (nSPS) is 12.2. The molecule has 0 fully saturated rings. The number of benzene rings is 1. The van der Waals surface area contributed by atoms with E-state index in [1.807, 2.05) is 13.0 Å². The van der Waals surface area contributed by atoms with E-state index in [1.54, 1.807) is 6.92 Å². The summed E-state index contributed by atoms with van der Waals surface area (Å²) in [5.41, 5.74) is 1.45. The van der Waals surface area contributed by atoms with Crippen LogP contribution in [0.5, 0.6) is 11.5 Å². The van der Waals surface area contributed by atoms with E-state index < -0.39 is 11.9 Å². The second-order valence-electron chi connectivity index (χ2n) is 3.98. The summed E-state index contributed by atoms with van der Waals surface area (Å²) in [5, 5.41) is 18.9. The van der Waals surface area contributed by atoms with Crippen LogP contribution in [-0.2, 0) is 11.2 Å². The molecule has 0 bridgehead atoms. The summed E-state index contributed by atoms with van der Waals surface area (Å²) < 4.78 is 5.72. The molecule has 1 rings (SSSR count). The Hall–Kier alpha value is -1.23. The molecule has 1 aromatic carbocycles. The number of hydrogen-bond acceptors (Lipinski definition) is 3. The van der Waals surface area contributed by atoms with Crippen molar-refractivity contribution in [1.29, 1.82) is 0 Å². The molecular weight excluding hydrogens is 288 g/mol. The smallest absolute Gasteiger partial charge is 0.306 e. The molecular formula is C12H15BrO4. The third-order valence-corrected chi connectivity index (χ3v) is 3.26. The molecule has 0 aromatic heterocycles. The Morgan fingerprint density at radius 2 is 2.18 bits per heavy atom. The SMILES string of the molecule is COc1c(Br)cc(C)c(CC(C)C(=O)O)c1O. The lowest BCUT2D eigenvalue weighted by Gasteiger charge is -2.15. The van der Waals surface area contributed by atoms with Gasteiger partial charge in [-0.15, -0.1) is 0 Å². The van der Waals surface area contributed by atoms with Crippen LogP contribution < -0.4 is 4.74 Å². The van der Waals surface area contributed by atoms with Gasteiger partial charge in [0.15, 0.2) is 11.5 Å². The summed E-state index contributed by atoms with van der Waals surface area (Å²) in [5.74, 6) is -1.09. The first-order valence-electron chi connectivity index (χ1n) is 5.16. The molecule has 2 N–H and O–H groups in total. The number of carbonyl (C=O) groups is 1. The molecule has 1 aromatic rings. The second-order valence-corrected chi connectivity index (χ2v) is 4.83. The van der Waals surface area contributed by atoms with E-state index in [0.29, 0.717) is 15.8 Å². The highest BCUT2D eigenvalue weighted by molar-refractivity contribution is 9.10. The van der Waals surface area contributed by atoms with E-state index in [4.69, 9.17) is 9.84 Å². The van der Waals surface area contributed by atoms with Gasteiger partial charge in [-0.25, -0.2) is 0 Å². The van der Waals surface area contributed by atoms with E-state index in [1.165, 1.54) is 7.11 Å². The van der Waals surface area contributed by atoms with Crippen molar-refractivity contribution >= 4 is 21.9 Å². The fraction of sp³-hybridized carbons (Fsp3) is 0.417. The molecule has 0 saturated heterocycles. The van der Waals surface area contributed by atoms with E-state index >= 15 is 0 Å². The van der Waals surface area contributed by atoms with Gasteiger partial charge in [-0.2, -0.15) is 0 Å². The third-order valence-electron chi connectivity index (χ3n) is 2.67. The van der Waals surface area contributed by atoms with Gasteiger partial charge in [-0.1, -0.05) is 6.92 Å². The Balaban J connectivity index is 3.20. The number of halogens is 1. The minimum absolute atomic E-state index is 0.00692. The molecule has 0 radical (unpaired) electrons. The molecule has 0 heterocycles. The molecule has 5 heteroatoms. The van der Waals surface area contributed by atoms with Crippen LogP contribution in [0.25, 0.3) is 0 Å². The van der Waals surface area contributed by atoms with Crippen LogP contribution in [0.3, 0.4) is 0 Å². The van der Waals surface area contributed by atoms with Gasteiger partial charge in [0.25, 0.3) is 0 Å². The number of aliphatic carboxylic acids is 1. The average Bonchev–Trinajstić information content (AvgIpc) is 2.24. The van der Waals surface area contributed by atoms with Crippen LogP contribution in [0.2, 0.25) is 0 Å². The number of ether oxygens (including phenoxy) is 1. The topological polar surface area (TPSA) is 66.8 Å². The van der Waals surface area contributed by atoms with Gasteiger partial charge in [0.05, 0.1) is 17.5 Å². The van der Waals surface area contributed by atoms with Crippen molar-refractivity contribution in [2.75, 3.05) is 7.11 Å². The summed E-state index contributed by atoms with van der Waals surface area (Å²) in [6.07, 6.45) is 0.274. The number of carboxylic acid groups (broad SMARTS) is 1. The molecule has 1 unspecified atom stereocenters. The van der Waals surface area contributed by atoms with Crippen LogP contribution in [0.4, 0.5) is 0 Å². The molecule has 0 aliphatic heterocycles. The van der Waals surface area contributed by atoms with E-state index in [-0.39, 0.29) is 12.2 Å². The third kappa shape index (κ3) is 2.91. The van der Waals surface area contributed by atoms with Gasteiger partial charge in [0.1, 0.15) is 0 Å². The monoisotopic (exact) mass is 302 g/mol. The molecule has 0 aliphatic carbocycles. The molecule has 94 valence electrons. The summed E-state index contributed by atoms with van der Waals surface area (Å²) >= 11 is 3.29. The number of aryl methyl sites for hydroxylation is 1. The quantitative estimate of drug-likeness (QED) is 0.897. The van der Waals surface area contributed by atoms with Crippen molar-refractivity contribution in [2.24, 2.45) is 5.92 Å². The predicted molar refractivity (Wildman–Crippen MR) is 67.6 cm³/mol. The Bertz CT molecular complexity index is 443. The maximum Gasteiger partial charge on any atom is 0.306 e. The number of phenolic OH excluding ortho intramolecular Hbond substituents is 1. The average molecular weight is 303 g/mol. The van der Waals surface area contributed by atoms with E-state index in [9.17, 15) is 9.90 Å². The Labute approximate surface area is 108 Å². The molecule has 17 heavy (non-hydrogen) atoms. The van der Waals surface area contributed by atoms with Crippen LogP contribution in [-0.4, -0.2) is 23.3 Å². The van der Waals surface area contributed by atoms with Gasteiger partial charge in [-0.05, 0) is 40.9 Å². The summed E-state index contributed by atoms with van der Waals surface area (Å²) in [7, 11) is 1.46. The zero-order chi connectivity index (χ0) is 13.2. The first-order chi connectivity index (χ1) is 7.88. The number of rotatable bonds is 4. The summed E-state index contributed by atoms with van der Waals surface area (Å²) in [6.45, 7) is 3.43. The van der Waals surface area contributed by atoms with Crippen molar-refractivity contribution in [3.8, 4) is 11.5 Å². The Kier molecular flexibility index (Phi) is 4.40. The summed E-state index contributed by atoms with van der Waals surface area (Å²) in [4.78, 5) is 10.8. The minimum Gasteiger partial charge on any atom is -0.504 e. The van der Waals surface area contributed by atoms with Crippen molar-refractivity contribution in [3.05, 3.63) is 21.7 Å². The fourth-order valence-corrected chi connectivity index (χ4v) is 2.32. The van der Waals surface area contributed by atoms with Gasteiger partial charge in [-0.3, -0.25) is 4.79 Å². The number of aromatic hydroxyl groups is 1. The predicted octanol–water partition coefficient (Wildman–Crippen LogP) is 2.73. The lowest BCUT2D eigenvalue weighted by atomic mass is 9.96. The highest BCUT2D eigenvalue weighted by Crippen LogP contribution is 2.40. The lowest BCUT2D eigenvalue weighted by molar-refractivity contribution is -0.141. The molecule has 0 amide bonds.